The number of hydrogen-bond acceptors (Lipinski definition) is 4. The summed E-state index contributed by atoms with van der Waals surface area (Å²) in [4.78, 5) is 13.1. The molecule has 5 heteroatoms. The summed E-state index contributed by atoms with van der Waals surface area (Å²) in [7, 11) is 0. The molecule has 1 aromatic heterocycles. The highest BCUT2D eigenvalue weighted by Crippen LogP contribution is 2.10. The SMILES string of the molecule is CCc1ccc(/C=c2\sc(=C(C#N)C#N)n(-c3ccccc3C)c2=O)cc1. The highest BCUT2D eigenvalue weighted by molar-refractivity contribution is 7.07. The third-order valence-corrected chi connectivity index (χ3v) is 5.40. The maximum atomic E-state index is 13.1. The Morgan fingerprint density at radius 2 is 1.78 bits per heavy atom. The summed E-state index contributed by atoms with van der Waals surface area (Å²) in [5.74, 6) is 0. The van der Waals surface area contributed by atoms with Gasteiger partial charge in [0.05, 0.1) is 10.2 Å². The smallest absolute Gasteiger partial charge is 0.267 e. The second-order valence-electron chi connectivity index (χ2n) is 6.04. The Kier molecular flexibility index (Phi) is 5.35. The number of benzene rings is 2. The number of para-hydroxylation sites is 1. The van der Waals surface area contributed by atoms with Gasteiger partial charge in [0, 0.05) is 0 Å². The van der Waals surface area contributed by atoms with E-state index in [0.717, 1.165) is 28.9 Å². The monoisotopic (exact) mass is 371 g/mol. The van der Waals surface area contributed by atoms with E-state index in [0.29, 0.717) is 14.9 Å². The lowest BCUT2D eigenvalue weighted by atomic mass is 10.1. The van der Waals surface area contributed by atoms with Gasteiger partial charge in [-0.2, -0.15) is 10.5 Å². The number of thiazole rings is 1. The van der Waals surface area contributed by atoms with Crippen LogP contribution in [0.4, 0.5) is 0 Å². The van der Waals surface area contributed by atoms with Crippen LogP contribution in [0.5, 0.6) is 0 Å². The van der Waals surface area contributed by atoms with E-state index >= 15 is 0 Å². The summed E-state index contributed by atoms with van der Waals surface area (Å²) in [6, 6.07) is 19.3. The second kappa shape index (κ2) is 7.86. The first-order chi connectivity index (χ1) is 13.1. The number of aryl methyl sites for hydroxylation is 2. The van der Waals surface area contributed by atoms with E-state index in [1.54, 1.807) is 6.08 Å². The van der Waals surface area contributed by atoms with Crippen LogP contribution < -0.4 is 14.8 Å². The van der Waals surface area contributed by atoms with E-state index in [1.807, 2.05) is 67.6 Å². The Morgan fingerprint density at radius 1 is 1.11 bits per heavy atom. The average Bonchev–Trinajstić information content (AvgIpc) is 3.00. The van der Waals surface area contributed by atoms with Crippen molar-refractivity contribution in [2.75, 3.05) is 0 Å². The molecule has 0 amide bonds. The van der Waals surface area contributed by atoms with Gasteiger partial charge in [0.2, 0.25) is 0 Å². The Morgan fingerprint density at radius 3 is 2.37 bits per heavy atom. The van der Waals surface area contributed by atoms with E-state index in [2.05, 4.69) is 6.92 Å². The Balaban J connectivity index is 2.35. The number of aromatic nitrogens is 1. The number of hydrogen-bond donors (Lipinski definition) is 0. The van der Waals surface area contributed by atoms with Crippen molar-refractivity contribution in [3.05, 3.63) is 84.8 Å². The summed E-state index contributed by atoms with van der Waals surface area (Å²) in [5.41, 5.74) is 3.41. The van der Waals surface area contributed by atoms with Gasteiger partial charge in [-0.1, -0.05) is 49.4 Å². The molecule has 0 N–H and O–H groups in total. The number of rotatable bonds is 3. The van der Waals surface area contributed by atoms with Crippen molar-refractivity contribution in [1.29, 1.82) is 10.5 Å². The molecule has 0 aliphatic rings. The largest absolute Gasteiger partial charge is 0.273 e. The van der Waals surface area contributed by atoms with E-state index in [-0.39, 0.29) is 11.1 Å². The summed E-state index contributed by atoms with van der Waals surface area (Å²) < 4.78 is 2.31. The maximum Gasteiger partial charge on any atom is 0.273 e. The van der Waals surface area contributed by atoms with E-state index in [9.17, 15) is 15.3 Å². The molecule has 0 bridgehead atoms. The van der Waals surface area contributed by atoms with Crippen molar-refractivity contribution < 1.29 is 0 Å². The lowest BCUT2D eigenvalue weighted by Crippen LogP contribution is -2.31. The van der Waals surface area contributed by atoms with Gasteiger partial charge in [-0.25, -0.2) is 0 Å². The quantitative estimate of drug-likeness (QED) is 0.711. The van der Waals surface area contributed by atoms with Gasteiger partial charge in [0.1, 0.15) is 16.8 Å². The third-order valence-electron chi connectivity index (χ3n) is 4.30. The van der Waals surface area contributed by atoms with Crippen LogP contribution in [0.2, 0.25) is 0 Å². The fraction of sp³-hybridized carbons (Fsp3) is 0.136. The van der Waals surface area contributed by atoms with Crippen molar-refractivity contribution >= 4 is 23.0 Å². The van der Waals surface area contributed by atoms with Crippen LogP contribution in [-0.2, 0) is 6.42 Å². The molecule has 27 heavy (non-hydrogen) atoms. The van der Waals surface area contributed by atoms with Crippen molar-refractivity contribution in [1.82, 2.24) is 4.57 Å². The normalized spacial score (nSPS) is 11.0. The van der Waals surface area contributed by atoms with Gasteiger partial charge in [0.15, 0.2) is 5.57 Å². The van der Waals surface area contributed by atoms with Gasteiger partial charge in [-0.05, 0) is 42.2 Å². The molecule has 0 aliphatic carbocycles. The first-order valence-corrected chi connectivity index (χ1v) is 9.33. The van der Waals surface area contributed by atoms with Gasteiger partial charge in [0.25, 0.3) is 5.56 Å². The van der Waals surface area contributed by atoms with Crippen LogP contribution in [0.25, 0.3) is 17.3 Å². The molecule has 0 unspecified atom stereocenters. The highest BCUT2D eigenvalue weighted by atomic mass is 32.1. The summed E-state index contributed by atoms with van der Waals surface area (Å²) in [5, 5.41) is 18.7. The molecule has 2 aromatic carbocycles. The topological polar surface area (TPSA) is 69.6 Å². The molecular weight excluding hydrogens is 354 g/mol. The Bertz CT molecular complexity index is 1230. The molecule has 132 valence electrons. The first-order valence-electron chi connectivity index (χ1n) is 8.52. The van der Waals surface area contributed by atoms with Crippen molar-refractivity contribution in [2.24, 2.45) is 0 Å². The minimum absolute atomic E-state index is 0.0682. The molecule has 0 fully saturated rings. The van der Waals surface area contributed by atoms with Crippen LogP contribution in [0.3, 0.4) is 0 Å². The van der Waals surface area contributed by atoms with Crippen LogP contribution in [-0.4, -0.2) is 4.57 Å². The minimum Gasteiger partial charge on any atom is -0.267 e. The van der Waals surface area contributed by atoms with Crippen LogP contribution >= 0.6 is 11.3 Å². The molecule has 4 nitrogen and oxygen atoms in total. The number of nitrogens with zero attached hydrogens (tertiary/aromatic N) is 3. The fourth-order valence-corrected chi connectivity index (χ4v) is 3.85. The third kappa shape index (κ3) is 3.60. The van der Waals surface area contributed by atoms with Gasteiger partial charge >= 0.3 is 0 Å². The van der Waals surface area contributed by atoms with Crippen molar-refractivity contribution in [3.63, 3.8) is 0 Å². The lowest BCUT2D eigenvalue weighted by molar-refractivity contribution is 0.975. The van der Waals surface area contributed by atoms with Crippen molar-refractivity contribution in [3.8, 4) is 17.8 Å². The summed E-state index contributed by atoms with van der Waals surface area (Å²) in [6.45, 7) is 3.99. The fourth-order valence-electron chi connectivity index (χ4n) is 2.80. The Labute approximate surface area is 161 Å². The zero-order chi connectivity index (χ0) is 19.4. The van der Waals surface area contributed by atoms with Crippen LogP contribution in [0.1, 0.15) is 23.6 Å². The molecule has 0 atom stereocenters. The second-order valence-corrected chi connectivity index (χ2v) is 7.07. The average molecular weight is 371 g/mol. The van der Waals surface area contributed by atoms with Gasteiger partial charge in [-0.15, -0.1) is 11.3 Å². The maximum absolute atomic E-state index is 13.1. The zero-order valence-electron chi connectivity index (χ0n) is 15.1. The molecule has 0 radical (unpaired) electrons. The predicted octanol–water partition coefficient (Wildman–Crippen LogP) is 2.80. The predicted molar refractivity (Wildman–Crippen MR) is 108 cm³/mol. The van der Waals surface area contributed by atoms with Crippen LogP contribution in [0, 0.1) is 29.6 Å². The molecule has 0 saturated carbocycles. The molecule has 0 saturated heterocycles. The molecular formula is C22H17N3OS. The summed E-state index contributed by atoms with van der Waals surface area (Å²) in [6.07, 6.45) is 2.75. The van der Waals surface area contributed by atoms with E-state index in [4.69, 9.17) is 0 Å². The van der Waals surface area contributed by atoms with Gasteiger partial charge < -0.3 is 0 Å². The molecule has 1 heterocycles. The van der Waals surface area contributed by atoms with E-state index in [1.165, 1.54) is 10.1 Å². The highest BCUT2D eigenvalue weighted by Gasteiger charge is 2.12. The lowest BCUT2D eigenvalue weighted by Gasteiger charge is -2.05. The van der Waals surface area contributed by atoms with Gasteiger partial charge in [-0.3, -0.25) is 9.36 Å². The van der Waals surface area contributed by atoms with Crippen molar-refractivity contribution in [2.45, 2.75) is 20.3 Å². The van der Waals surface area contributed by atoms with E-state index < -0.39 is 0 Å². The molecule has 0 spiro atoms. The zero-order valence-corrected chi connectivity index (χ0v) is 15.9. The minimum atomic E-state index is -0.230. The standard InChI is InChI=1S/C22H17N3OS/c1-3-16-8-10-17(11-9-16)12-20-21(26)25(19-7-5-4-6-15(19)2)22(27-20)18(13-23)14-24/h4-12H,3H2,1-2H3/b20-12-. The molecule has 3 rings (SSSR count). The number of nitriles is 2. The Hall–Kier alpha value is -3.41. The molecule has 3 aromatic rings. The van der Waals surface area contributed by atoms with Crippen LogP contribution in [0.15, 0.2) is 53.3 Å². The first kappa shape index (κ1) is 18.4. The summed E-state index contributed by atoms with van der Waals surface area (Å²) >= 11 is 1.16. The molecule has 0 aliphatic heterocycles.